The van der Waals surface area contributed by atoms with E-state index in [1.165, 1.54) is 25.7 Å². The lowest BCUT2D eigenvalue weighted by atomic mass is 9.68. The number of nitrogens with one attached hydrogen (secondary N) is 2. The highest BCUT2D eigenvalue weighted by Gasteiger charge is 2.42. The zero-order valence-corrected chi connectivity index (χ0v) is 9.64. The van der Waals surface area contributed by atoms with Crippen molar-refractivity contribution in [1.29, 1.82) is 0 Å². The normalized spacial score (nSPS) is 33.0. The molecule has 0 aromatic rings. The summed E-state index contributed by atoms with van der Waals surface area (Å²) in [7, 11) is 2.00. The number of carbonyl (C=O) groups excluding carboxylic acids is 1. The molecule has 0 bridgehead atoms. The molecule has 2 aliphatic rings. The SMILES string of the molecule is CNCC1(C2CCCC2)CCNC(=O)C1. The first-order valence-corrected chi connectivity index (χ1v) is 6.18. The van der Waals surface area contributed by atoms with Gasteiger partial charge in [-0.25, -0.2) is 0 Å². The van der Waals surface area contributed by atoms with E-state index in [4.69, 9.17) is 0 Å². The largest absolute Gasteiger partial charge is 0.356 e. The molecule has 0 radical (unpaired) electrons. The maximum absolute atomic E-state index is 11.6. The molecule has 2 rings (SSSR count). The van der Waals surface area contributed by atoms with Gasteiger partial charge < -0.3 is 10.6 Å². The van der Waals surface area contributed by atoms with Crippen molar-refractivity contribution < 1.29 is 4.79 Å². The zero-order chi connectivity index (χ0) is 10.7. The van der Waals surface area contributed by atoms with Crippen molar-refractivity contribution in [2.24, 2.45) is 11.3 Å². The fourth-order valence-corrected chi connectivity index (χ4v) is 3.46. The Hall–Kier alpha value is -0.570. The van der Waals surface area contributed by atoms with Gasteiger partial charge >= 0.3 is 0 Å². The first-order chi connectivity index (χ1) is 7.27. The molecule has 1 saturated heterocycles. The summed E-state index contributed by atoms with van der Waals surface area (Å²) in [5.41, 5.74) is 0.258. The summed E-state index contributed by atoms with van der Waals surface area (Å²) in [6.45, 7) is 1.88. The minimum absolute atomic E-state index is 0.253. The van der Waals surface area contributed by atoms with Crippen LogP contribution in [0, 0.1) is 11.3 Å². The first kappa shape index (κ1) is 10.9. The maximum Gasteiger partial charge on any atom is 0.220 e. The molecule has 1 aliphatic carbocycles. The fraction of sp³-hybridized carbons (Fsp3) is 0.917. The molecule has 2 N–H and O–H groups in total. The van der Waals surface area contributed by atoms with Crippen LogP contribution < -0.4 is 10.6 Å². The molecular weight excluding hydrogens is 188 g/mol. The highest BCUT2D eigenvalue weighted by atomic mass is 16.1. The Bertz CT molecular complexity index is 232. The van der Waals surface area contributed by atoms with Crippen LogP contribution in [0.25, 0.3) is 0 Å². The van der Waals surface area contributed by atoms with Crippen LogP contribution in [-0.2, 0) is 4.79 Å². The monoisotopic (exact) mass is 210 g/mol. The molecule has 2 fully saturated rings. The van der Waals surface area contributed by atoms with Crippen molar-refractivity contribution in [2.45, 2.75) is 38.5 Å². The molecule has 1 aliphatic heterocycles. The number of hydrogen-bond donors (Lipinski definition) is 2. The third-order valence-electron chi connectivity index (χ3n) is 4.21. The second-order valence-corrected chi connectivity index (χ2v) is 5.15. The lowest BCUT2D eigenvalue weighted by Crippen LogP contribution is -2.49. The van der Waals surface area contributed by atoms with Crippen LogP contribution in [0.3, 0.4) is 0 Å². The Morgan fingerprint density at radius 3 is 2.80 bits per heavy atom. The van der Waals surface area contributed by atoms with Crippen molar-refractivity contribution >= 4 is 5.91 Å². The van der Waals surface area contributed by atoms with E-state index in [0.29, 0.717) is 0 Å². The Morgan fingerprint density at radius 1 is 1.47 bits per heavy atom. The summed E-state index contributed by atoms with van der Waals surface area (Å²) in [4.78, 5) is 11.6. The number of hydrogen-bond acceptors (Lipinski definition) is 2. The van der Waals surface area contributed by atoms with Gasteiger partial charge in [-0.15, -0.1) is 0 Å². The number of piperidine rings is 1. The van der Waals surface area contributed by atoms with E-state index in [2.05, 4.69) is 10.6 Å². The topological polar surface area (TPSA) is 41.1 Å². The molecule has 86 valence electrons. The molecular formula is C12H22N2O. The third kappa shape index (κ3) is 2.17. The molecule has 0 aromatic carbocycles. The quantitative estimate of drug-likeness (QED) is 0.737. The smallest absolute Gasteiger partial charge is 0.220 e. The molecule has 1 unspecified atom stereocenters. The van der Waals surface area contributed by atoms with Gasteiger partial charge in [0.25, 0.3) is 0 Å². The predicted octanol–water partition coefficient (Wildman–Crippen LogP) is 1.29. The molecule has 15 heavy (non-hydrogen) atoms. The predicted molar refractivity (Wildman–Crippen MR) is 60.6 cm³/mol. The van der Waals surface area contributed by atoms with Gasteiger partial charge in [0.2, 0.25) is 5.91 Å². The maximum atomic E-state index is 11.6. The average Bonchev–Trinajstić information content (AvgIpc) is 2.71. The van der Waals surface area contributed by atoms with Crippen molar-refractivity contribution in [3.8, 4) is 0 Å². The van der Waals surface area contributed by atoms with Gasteiger partial charge in [0, 0.05) is 19.5 Å². The number of amides is 1. The molecule has 1 amide bonds. The molecule has 1 atom stereocenters. The lowest BCUT2D eigenvalue weighted by Gasteiger charge is -2.41. The average molecular weight is 210 g/mol. The van der Waals surface area contributed by atoms with E-state index in [1.54, 1.807) is 0 Å². The summed E-state index contributed by atoms with van der Waals surface area (Å²) in [6.07, 6.45) is 7.27. The summed E-state index contributed by atoms with van der Waals surface area (Å²) in [5, 5.41) is 6.25. The second kappa shape index (κ2) is 4.52. The van der Waals surface area contributed by atoms with Crippen LogP contribution in [0.1, 0.15) is 38.5 Å². The molecule has 0 spiro atoms. The van der Waals surface area contributed by atoms with Crippen molar-refractivity contribution in [3.05, 3.63) is 0 Å². The third-order valence-corrected chi connectivity index (χ3v) is 4.21. The van der Waals surface area contributed by atoms with Crippen molar-refractivity contribution in [1.82, 2.24) is 10.6 Å². The van der Waals surface area contributed by atoms with E-state index >= 15 is 0 Å². The van der Waals surface area contributed by atoms with Crippen molar-refractivity contribution in [3.63, 3.8) is 0 Å². The van der Waals surface area contributed by atoms with E-state index in [1.807, 2.05) is 7.05 Å². The highest BCUT2D eigenvalue weighted by Crippen LogP contribution is 2.45. The Labute approximate surface area is 92.0 Å². The van der Waals surface area contributed by atoms with Crippen molar-refractivity contribution in [2.75, 3.05) is 20.1 Å². The highest BCUT2D eigenvalue weighted by molar-refractivity contribution is 5.77. The van der Waals surface area contributed by atoms with Crippen LogP contribution in [0.4, 0.5) is 0 Å². The van der Waals surface area contributed by atoms with Gasteiger partial charge in [0.1, 0.15) is 0 Å². The van der Waals surface area contributed by atoms with E-state index in [9.17, 15) is 4.79 Å². The van der Waals surface area contributed by atoms with Crippen LogP contribution in [0.2, 0.25) is 0 Å². The van der Waals surface area contributed by atoms with Gasteiger partial charge in [-0.3, -0.25) is 4.79 Å². The minimum Gasteiger partial charge on any atom is -0.356 e. The molecule has 1 saturated carbocycles. The first-order valence-electron chi connectivity index (χ1n) is 6.18. The van der Waals surface area contributed by atoms with E-state index in [0.717, 1.165) is 31.8 Å². The van der Waals surface area contributed by atoms with Gasteiger partial charge in [0.15, 0.2) is 0 Å². The summed E-state index contributed by atoms with van der Waals surface area (Å²) in [6, 6.07) is 0. The molecule has 3 nitrogen and oxygen atoms in total. The standard InChI is InChI=1S/C12H22N2O/c1-13-9-12(10-4-2-3-5-10)6-7-14-11(15)8-12/h10,13H,2-9H2,1H3,(H,14,15). The van der Waals surface area contributed by atoms with Gasteiger partial charge in [-0.2, -0.15) is 0 Å². The Morgan fingerprint density at radius 2 is 2.20 bits per heavy atom. The Kier molecular flexibility index (Phi) is 3.29. The molecule has 0 aromatic heterocycles. The van der Waals surface area contributed by atoms with Gasteiger partial charge in [-0.05, 0) is 37.6 Å². The summed E-state index contributed by atoms with van der Waals surface area (Å²) < 4.78 is 0. The summed E-state index contributed by atoms with van der Waals surface area (Å²) >= 11 is 0. The second-order valence-electron chi connectivity index (χ2n) is 5.15. The van der Waals surface area contributed by atoms with Crippen LogP contribution in [0.15, 0.2) is 0 Å². The van der Waals surface area contributed by atoms with Crippen LogP contribution >= 0.6 is 0 Å². The van der Waals surface area contributed by atoms with Crippen LogP contribution in [0.5, 0.6) is 0 Å². The minimum atomic E-state index is 0.253. The molecule has 1 heterocycles. The van der Waals surface area contributed by atoms with Gasteiger partial charge in [-0.1, -0.05) is 12.8 Å². The van der Waals surface area contributed by atoms with E-state index in [-0.39, 0.29) is 11.3 Å². The van der Waals surface area contributed by atoms with E-state index < -0.39 is 0 Å². The summed E-state index contributed by atoms with van der Waals surface area (Å²) in [5.74, 6) is 1.03. The number of rotatable bonds is 3. The Balaban J connectivity index is 2.10. The molecule has 3 heteroatoms. The van der Waals surface area contributed by atoms with Crippen LogP contribution in [-0.4, -0.2) is 26.0 Å². The zero-order valence-electron chi connectivity index (χ0n) is 9.64. The fourth-order valence-electron chi connectivity index (χ4n) is 3.46. The van der Waals surface area contributed by atoms with Gasteiger partial charge in [0.05, 0.1) is 0 Å². The lowest BCUT2D eigenvalue weighted by molar-refractivity contribution is -0.127. The number of carbonyl (C=O) groups is 1.